The highest BCUT2D eigenvalue weighted by Crippen LogP contribution is 2.05. The Bertz CT molecular complexity index is 390. The second-order valence-corrected chi connectivity index (χ2v) is 3.02. The summed E-state index contributed by atoms with van der Waals surface area (Å²) < 4.78 is 4.78. The van der Waals surface area contributed by atoms with Gasteiger partial charge in [0.1, 0.15) is 6.54 Å². The Kier molecular flexibility index (Phi) is 3.76. The fraction of sp³-hybridized carbons (Fsp3) is 0.333. The molecule has 0 unspecified atom stereocenters. The fourth-order valence-electron chi connectivity index (χ4n) is 1.01. The van der Waals surface area contributed by atoms with Gasteiger partial charge in [0.15, 0.2) is 5.69 Å². The van der Waals surface area contributed by atoms with Crippen molar-refractivity contribution in [1.82, 2.24) is 15.1 Å². The van der Waals surface area contributed by atoms with Gasteiger partial charge in [-0.05, 0) is 6.07 Å². The topological polar surface area (TPSA) is 92.6 Å². The second-order valence-electron chi connectivity index (χ2n) is 3.02. The molecule has 1 heterocycles. The third-order valence-corrected chi connectivity index (χ3v) is 1.79. The lowest BCUT2D eigenvalue weighted by Gasteiger charge is -2.13. The number of aliphatic carboxylic acids is 1. The molecule has 1 rings (SSSR count). The SMILES string of the molecule is COc1ccc(C(=O)N(C)CC(=O)O)nn1. The monoisotopic (exact) mass is 225 g/mol. The van der Waals surface area contributed by atoms with Crippen molar-refractivity contribution in [2.24, 2.45) is 0 Å². The zero-order valence-corrected chi connectivity index (χ0v) is 8.88. The van der Waals surface area contributed by atoms with E-state index in [1.807, 2.05) is 0 Å². The molecule has 7 heteroatoms. The van der Waals surface area contributed by atoms with E-state index in [0.29, 0.717) is 0 Å². The molecule has 0 saturated carbocycles. The van der Waals surface area contributed by atoms with Gasteiger partial charge in [0.05, 0.1) is 7.11 Å². The minimum Gasteiger partial charge on any atom is -0.480 e. The predicted molar refractivity (Wildman–Crippen MR) is 53.2 cm³/mol. The van der Waals surface area contributed by atoms with Gasteiger partial charge in [0, 0.05) is 13.1 Å². The van der Waals surface area contributed by atoms with Gasteiger partial charge in [-0.25, -0.2) is 0 Å². The number of rotatable bonds is 4. The number of carbonyl (C=O) groups is 2. The molecule has 0 saturated heterocycles. The number of amides is 1. The standard InChI is InChI=1S/C9H11N3O4/c1-12(5-8(13)14)9(15)6-3-4-7(16-2)11-10-6/h3-4H,5H2,1-2H3,(H,13,14). The summed E-state index contributed by atoms with van der Waals surface area (Å²) in [5.74, 6) is -1.30. The quantitative estimate of drug-likeness (QED) is 0.752. The Morgan fingerprint density at radius 3 is 2.56 bits per heavy atom. The van der Waals surface area contributed by atoms with Crippen molar-refractivity contribution in [2.45, 2.75) is 0 Å². The molecular formula is C9H11N3O4. The summed E-state index contributed by atoms with van der Waals surface area (Å²) in [6.07, 6.45) is 0. The van der Waals surface area contributed by atoms with Crippen LogP contribution >= 0.6 is 0 Å². The third-order valence-electron chi connectivity index (χ3n) is 1.79. The highest BCUT2D eigenvalue weighted by Gasteiger charge is 2.16. The molecular weight excluding hydrogens is 214 g/mol. The van der Waals surface area contributed by atoms with Gasteiger partial charge < -0.3 is 14.7 Å². The molecule has 0 aliphatic carbocycles. The number of nitrogens with zero attached hydrogens (tertiary/aromatic N) is 3. The van der Waals surface area contributed by atoms with Crippen molar-refractivity contribution in [3.63, 3.8) is 0 Å². The maximum Gasteiger partial charge on any atom is 0.323 e. The molecule has 0 spiro atoms. The molecule has 86 valence electrons. The summed E-state index contributed by atoms with van der Waals surface area (Å²) in [5, 5.41) is 15.7. The van der Waals surface area contributed by atoms with E-state index < -0.39 is 11.9 Å². The van der Waals surface area contributed by atoms with E-state index in [0.717, 1.165) is 4.90 Å². The van der Waals surface area contributed by atoms with Crippen LogP contribution in [0.1, 0.15) is 10.5 Å². The summed E-state index contributed by atoms with van der Waals surface area (Å²) in [4.78, 5) is 23.0. The Morgan fingerprint density at radius 2 is 2.12 bits per heavy atom. The summed E-state index contributed by atoms with van der Waals surface area (Å²) in [6.45, 7) is -0.382. The van der Waals surface area contributed by atoms with Crippen LogP contribution < -0.4 is 4.74 Å². The predicted octanol–water partition coefficient (Wildman–Crippen LogP) is -0.358. The van der Waals surface area contributed by atoms with Gasteiger partial charge in [0.25, 0.3) is 5.91 Å². The lowest BCUT2D eigenvalue weighted by atomic mass is 10.3. The molecule has 16 heavy (non-hydrogen) atoms. The minimum atomic E-state index is -1.09. The van der Waals surface area contributed by atoms with E-state index in [1.54, 1.807) is 0 Å². The maximum absolute atomic E-state index is 11.6. The molecule has 1 N–H and O–H groups in total. The Morgan fingerprint density at radius 1 is 1.44 bits per heavy atom. The summed E-state index contributed by atoms with van der Waals surface area (Å²) in [7, 11) is 2.81. The van der Waals surface area contributed by atoms with Gasteiger partial charge in [-0.3, -0.25) is 9.59 Å². The van der Waals surface area contributed by atoms with Crippen molar-refractivity contribution in [3.8, 4) is 5.88 Å². The normalized spacial score (nSPS) is 9.62. The number of carbonyl (C=O) groups excluding carboxylic acids is 1. The van der Waals surface area contributed by atoms with Crippen LogP contribution in [-0.4, -0.2) is 52.8 Å². The number of ether oxygens (including phenoxy) is 1. The van der Waals surface area contributed by atoms with Crippen LogP contribution in [0.15, 0.2) is 12.1 Å². The average molecular weight is 225 g/mol. The first kappa shape index (κ1) is 11.9. The van der Waals surface area contributed by atoms with E-state index in [1.165, 1.54) is 26.3 Å². The van der Waals surface area contributed by atoms with Crippen LogP contribution in [0, 0.1) is 0 Å². The summed E-state index contributed by atoms with van der Waals surface area (Å²) in [6, 6.07) is 2.90. The first-order valence-corrected chi connectivity index (χ1v) is 4.39. The van der Waals surface area contributed by atoms with Crippen molar-refractivity contribution >= 4 is 11.9 Å². The molecule has 0 fully saturated rings. The van der Waals surface area contributed by atoms with E-state index in [9.17, 15) is 9.59 Å². The van der Waals surface area contributed by atoms with Crippen LogP contribution in [0.5, 0.6) is 5.88 Å². The number of aromatic nitrogens is 2. The smallest absolute Gasteiger partial charge is 0.323 e. The van der Waals surface area contributed by atoms with Crippen molar-refractivity contribution in [3.05, 3.63) is 17.8 Å². The van der Waals surface area contributed by atoms with Crippen LogP contribution in [0.3, 0.4) is 0 Å². The number of likely N-dealkylation sites (N-methyl/N-ethyl adjacent to an activating group) is 1. The Labute approximate surface area is 91.7 Å². The Balaban J connectivity index is 2.75. The first-order valence-electron chi connectivity index (χ1n) is 4.39. The number of hydrogen-bond acceptors (Lipinski definition) is 5. The molecule has 0 atom stereocenters. The molecule has 0 aliphatic heterocycles. The lowest BCUT2D eigenvalue weighted by molar-refractivity contribution is -0.137. The molecule has 0 aromatic carbocycles. The molecule has 0 aliphatic rings. The van der Waals surface area contributed by atoms with Crippen LogP contribution in [0.25, 0.3) is 0 Å². The van der Waals surface area contributed by atoms with Crippen molar-refractivity contribution < 1.29 is 19.4 Å². The largest absolute Gasteiger partial charge is 0.480 e. The lowest BCUT2D eigenvalue weighted by Crippen LogP contribution is -2.32. The van der Waals surface area contributed by atoms with E-state index in [2.05, 4.69) is 10.2 Å². The number of methoxy groups -OCH3 is 1. The van der Waals surface area contributed by atoms with Crippen molar-refractivity contribution in [2.75, 3.05) is 20.7 Å². The second kappa shape index (κ2) is 5.06. The number of carboxylic acids is 1. The molecule has 0 radical (unpaired) electrons. The van der Waals surface area contributed by atoms with E-state index in [4.69, 9.17) is 9.84 Å². The zero-order chi connectivity index (χ0) is 12.1. The molecule has 0 bridgehead atoms. The van der Waals surface area contributed by atoms with Crippen LogP contribution in [0.2, 0.25) is 0 Å². The molecule has 1 amide bonds. The zero-order valence-electron chi connectivity index (χ0n) is 8.88. The fourth-order valence-corrected chi connectivity index (χ4v) is 1.01. The van der Waals surface area contributed by atoms with Crippen molar-refractivity contribution in [1.29, 1.82) is 0 Å². The van der Waals surface area contributed by atoms with Gasteiger partial charge >= 0.3 is 5.97 Å². The van der Waals surface area contributed by atoms with Gasteiger partial charge in [0.2, 0.25) is 5.88 Å². The molecule has 7 nitrogen and oxygen atoms in total. The van der Waals surface area contributed by atoms with Crippen LogP contribution in [0.4, 0.5) is 0 Å². The highest BCUT2D eigenvalue weighted by atomic mass is 16.5. The van der Waals surface area contributed by atoms with Gasteiger partial charge in [-0.1, -0.05) is 0 Å². The Hall–Kier alpha value is -2.18. The highest BCUT2D eigenvalue weighted by molar-refractivity contribution is 5.93. The average Bonchev–Trinajstić information content (AvgIpc) is 2.27. The maximum atomic E-state index is 11.6. The minimum absolute atomic E-state index is 0.0737. The van der Waals surface area contributed by atoms with Gasteiger partial charge in [-0.15, -0.1) is 10.2 Å². The van der Waals surface area contributed by atoms with E-state index >= 15 is 0 Å². The molecule has 1 aromatic heterocycles. The van der Waals surface area contributed by atoms with Gasteiger partial charge in [-0.2, -0.15) is 0 Å². The molecule has 1 aromatic rings. The summed E-state index contributed by atoms with van der Waals surface area (Å²) >= 11 is 0. The summed E-state index contributed by atoms with van der Waals surface area (Å²) in [5.41, 5.74) is 0.0737. The number of hydrogen-bond donors (Lipinski definition) is 1. The first-order chi connectivity index (χ1) is 7.54. The third kappa shape index (κ3) is 2.91. The van der Waals surface area contributed by atoms with Crippen LogP contribution in [-0.2, 0) is 4.79 Å². The number of carboxylic acid groups (broad SMARTS) is 1. The van der Waals surface area contributed by atoms with E-state index in [-0.39, 0.29) is 18.1 Å².